The van der Waals surface area contributed by atoms with Crippen molar-refractivity contribution in [2.24, 2.45) is 11.3 Å². The largest absolute Gasteiger partial charge is 0.314 e. The molecule has 120 valence electrons. The van der Waals surface area contributed by atoms with Gasteiger partial charge in [-0.15, -0.1) is 11.3 Å². The molecule has 1 heterocycles. The number of nitrogens with one attached hydrogen (secondary N) is 1. The van der Waals surface area contributed by atoms with Gasteiger partial charge in [-0.3, -0.25) is 0 Å². The first-order valence-corrected chi connectivity index (χ1v) is 9.72. The number of nitrogens with zero attached hydrogens (tertiary/aromatic N) is 1. The highest BCUT2D eigenvalue weighted by atomic mass is 79.9. The van der Waals surface area contributed by atoms with Crippen LogP contribution >= 0.6 is 27.3 Å². The fraction of sp³-hybridized carbons (Fsp3) is 0.765. The third-order valence-corrected chi connectivity index (χ3v) is 6.26. The van der Waals surface area contributed by atoms with Crippen LogP contribution < -0.4 is 5.32 Å². The van der Waals surface area contributed by atoms with Crippen LogP contribution in [0.25, 0.3) is 0 Å². The van der Waals surface area contributed by atoms with Gasteiger partial charge in [0.25, 0.3) is 0 Å². The molecule has 0 radical (unpaired) electrons. The number of hydrogen-bond donors (Lipinski definition) is 1. The van der Waals surface area contributed by atoms with Crippen molar-refractivity contribution in [2.75, 3.05) is 20.1 Å². The molecule has 4 heteroatoms. The lowest BCUT2D eigenvalue weighted by molar-refractivity contribution is 0.108. The standard InChI is InChI=1S/C17H29BrN2S/c1-5-19-16-6-7-17(2,3)9-13(16)10-20(4)11-15-8-14(18)12-21-15/h8,12-13,16,19H,5-7,9-11H2,1-4H3. The lowest BCUT2D eigenvalue weighted by Gasteiger charge is -2.42. The summed E-state index contributed by atoms with van der Waals surface area (Å²) >= 11 is 5.39. The van der Waals surface area contributed by atoms with E-state index < -0.39 is 0 Å². The molecule has 1 aliphatic rings. The number of thiophene rings is 1. The van der Waals surface area contributed by atoms with Crippen LogP contribution in [0.5, 0.6) is 0 Å². The smallest absolute Gasteiger partial charge is 0.0325 e. The molecule has 1 aromatic heterocycles. The highest BCUT2D eigenvalue weighted by molar-refractivity contribution is 9.10. The molecule has 2 atom stereocenters. The molecule has 0 saturated heterocycles. The molecule has 1 N–H and O–H groups in total. The Labute approximate surface area is 142 Å². The van der Waals surface area contributed by atoms with E-state index in [4.69, 9.17) is 0 Å². The summed E-state index contributed by atoms with van der Waals surface area (Å²) in [5.74, 6) is 0.766. The van der Waals surface area contributed by atoms with Crippen LogP contribution in [0.1, 0.15) is 44.9 Å². The third-order valence-electron chi connectivity index (χ3n) is 4.58. The maximum atomic E-state index is 3.71. The Morgan fingerprint density at radius 1 is 1.48 bits per heavy atom. The molecule has 21 heavy (non-hydrogen) atoms. The van der Waals surface area contributed by atoms with Gasteiger partial charge >= 0.3 is 0 Å². The molecule has 1 saturated carbocycles. The van der Waals surface area contributed by atoms with Gasteiger partial charge < -0.3 is 10.2 Å². The minimum absolute atomic E-state index is 0.503. The minimum atomic E-state index is 0.503. The zero-order valence-corrected chi connectivity index (χ0v) is 16.2. The summed E-state index contributed by atoms with van der Waals surface area (Å²) in [6.45, 7) is 10.4. The first-order chi connectivity index (χ1) is 9.89. The lowest BCUT2D eigenvalue weighted by Crippen LogP contribution is -2.46. The summed E-state index contributed by atoms with van der Waals surface area (Å²) < 4.78 is 1.21. The number of rotatable bonds is 6. The molecule has 0 amide bonds. The topological polar surface area (TPSA) is 15.3 Å². The summed E-state index contributed by atoms with van der Waals surface area (Å²) in [7, 11) is 2.26. The van der Waals surface area contributed by atoms with Crippen LogP contribution in [0.4, 0.5) is 0 Å². The molecule has 1 fully saturated rings. The Balaban J connectivity index is 1.93. The summed E-state index contributed by atoms with van der Waals surface area (Å²) in [6, 6.07) is 2.94. The zero-order chi connectivity index (χ0) is 15.5. The van der Waals surface area contributed by atoms with E-state index in [2.05, 4.69) is 65.4 Å². The SMILES string of the molecule is CCNC1CCC(C)(C)CC1CN(C)Cc1cc(Br)cs1. The summed E-state index contributed by atoms with van der Waals surface area (Å²) in [5.41, 5.74) is 0.503. The minimum Gasteiger partial charge on any atom is -0.314 e. The van der Waals surface area contributed by atoms with E-state index in [1.807, 2.05) is 11.3 Å². The van der Waals surface area contributed by atoms with Crippen LogP contribution in [0, 0.1) is 11.3 Å². The highest BCUT2D eigenvalue weighted by Crippen LogP contribution is 2.39. The summed E-state index contributed by atoms with van der Waals surface area (Å²) in [6.07, 6.45) is 4.01. The molecule has 0 aromatic carbocycles. The van der Waals surface area contributed by atoms with Gasteiger partial charge in [0, 0.05) is 33.9 Å². The van der Waals surface area contributed by atoms with E-state index in [0.717, 1.165) is 19.0 Å². The first-order valence-electron chi connectivity index (χ1n) is 8.04. The number of halogens is 1. The Kier molecular flexibility index (Phi) is 6.30. The van der Waals surface area contributed by atoms with Crippen LogP contribution in [0.2, 0.25) is 0 Å². The van der Waals surface area contributed by atoms with Gasteiger partial charge in [0.2, 0.25) is 0 Å². The van der Waals surface area contributed by atoms with E-state index in [1.54, 1.807) is 0 Å². The van der Waals surface area contributed by atoms with Gasteiger partial charge in [0.05, 0.1) is 0 Å². The van der Waals surface area contributed by atoms with Gasteiger partial charge in [-0.25, -0.2) is 0 Å². The van der Waals surface area contributed by atoms with Crippen molar-refractivity contribution in [3.05, 3.63) is 20.8 Å². The van der Waals surface area contributed by atoms with E-state index in [9.17, 15) is 0 Å². The predicted octanol–water partition coefficient (Wildman–Crippen LogP) is 4.75. The van der Waals surface area contributed by atoms with Gasteiger partial charge in [-0.05, 0) is 66.2 Å². The van der Waals surface area contributed by atoms with Gasteiger partial charge in [-0.1, -0.05) is 20.8 Å². The fourth-order valence-corrected chi connectivity index (χ4v) is 5.16. The van der Waals surface area contributed by atoms with E-state index in [1.165, 1.54) is 35.2 Å². The average molecular weight is 373 g/mol. The molecule has 1 aliphatic carbocycles. The van der Waals surface area contributed by atoms with Gasteiger partial charge in [0.15, 0.2) is 0 Å². The quantitative estimate of drug-likeness (QED) is 0.774. The summed E-state index contributed by atoms with van der Waals surface area (Å²) in [5, 5.41) is 5.89. The van der Waals surface area contributed by atoms with Crippen molar-refractivity contribution in [1.82, 2.24) is 10.2 Å². The monoisotopic (exact) mass is 372 g/mol. The Morgan fingerprint density at radius 2 is 2.24 bits per heavy atom. The van der Waals surface area contributed by atoms with Crippen molar-refractivity contribution in [3.63, 3.8) is 0 Å². The second kappa shape index (κ2) is 7.58. The zero-order valence-electron chi connectivity index (χ0n) is 13.8. The third kappa shape index (κ3) is 5.34. The fourth-order valence-electron chi connectivity index (χ4n) is 3.63. The van der Waals surface area contributed by atoms with Crippen LogP contribution in [-0.4, -0.2) is 31.1 Å². The van der Waals surface area contributed by atoms with E-state index in [0.29, 0.717) is 11.5 Å². The van der Waals surface area contributed by atoms with Crippen molar-refractivity contribution < 1.29 is 0 Å². The van der Waals surface area contributed by atoms with E-state index >= 15 is 0 Å². The predicted molar refractivity (Wildman–Crippen MR) is 96.9 cm³/mol. The normalized spacial score (nSPS) is 25.4. The molecular formula is C17H29BrN2S. The molecule has 2 rings (SSSR count). The first kappa shape index (κ1) is 17.5. The summed E-state index contributed by atoms with van der Waals surface area (Å²) in [4.78, 5) is 3.94. The number of hydrogen-bond acceptors (Lipinski definition) is 3. The molecule has 2 nitrogen and oxygen atoms in total. The Bertz CT molecular complexity index is 444. The van der Waals surface area contributed by atoms with Crippen LogP contribution in [0.3, 0.4) is 0 Å². The van der Waals surface area contributed by atoms with Gasteiger partial charge in [-0.2, -0.15) is 0 Å². The van der Waals surface area contributed by atoms with Gasteiger partial charge in [0.1, 0.15) is 0 Å². The van der Waals surface area contributed by atoms with Crippen molar-refractivity contribution in [2.45, 2.75) is 52.6 Å². The van der Waals surface area contributed by atoms with Crippen molar-refractivity contribution in [1.29, 1.82) is 0 Å². The average Bonchev–Trinajstić information content (AvgIpc) is 2.77. The molecule has 0 spiro atoms. The molecule has 2 unspecified atom stereocenters. The molecule has 0 aliphatic heterocycles. The molecule has 0 bridgehead atoms. The molecule has 1 aromatic rings. The van der Waals surface area contributed by atoms with Crippen molar-refractivity contribution >= 4 is 27.3 Å². The van der Waals surface area contributed by atoms with Crippen molar-refractivity contribution in [3.8, 4) is 0 Å². The van der Waals surface area contributed by atoms with Crippen LogP contribution in [0.15, 0.2) is 15.9 Å². The maximum absolute atomic E-state index is 3.71. The Morgan fingerprint density at radius 3 is 2.86 bits per heavy atom. The van der Waals surface area contributed by atoms with Crippen LogP contribution in [-0.2, 0) is 6.54 Å². The Hall–Kier alpha value is 0.1000. The lowest BCUT2D eigenvalue weighted by atomic mass is 9.69. The second-order valence-corrected chi connectivity index (χ2v) is 9.17. The highest BCUT2D eigenvalue weighted by Gasteiger charge is 2.34. The maximum Gasteiger partial charge on any atom is 0.0325 e. The molecular weight excluding hydrogens is 344 g/mol. The van der Waals surface area contributed by atoms with E-state index in [-0.39, 0.29) is 0 Å². The second-order valence-electron chi connectivity index (χ2n) is 7.26.